The van der Waals surface area contributed by atoms with Crippen LogP contribution in [0.15, 0.2) is 46.9 Å². The predicted octanol–water partition coefficient (Wildman–Crippen LogP) is 3.34. The lowest BCUT2D eigenvalue weighted by atomic mass is 10.0. The number of ketones is 1. The van der Waals surface area contributed by atoms with Gasteiger partial charge in [-0.1, -0.05) is 30.3 Å². The molecule has 0 aromatic heterocycles. The number of carbonyl (C=O) groups excluding carboxylic acids is 1. The summed E-state index contributed by atoms with van der Waals surface area (Å²) >= 11 is 3.42. The quantitative estimate of drug-likeness (QED) is 0.853. The number of halogens is 1. The zero-order valence-corrected chi connectivity index (χ0v) is 12.8. The van der Waals surface area contributed by atoms with Crippen LogP contribution in [0.4, 0.5) is 0 Å². The molecule has 2 N–H and O–H groups in total. The van der Waals surface area contributed by atoms with Crippen LogP contribution in [-0.4, -0.2) is 12.9 Å². The van der Waals surface area contributed by atoms with Crippen molar-refractivity contribution in [2.45, 2.75) is 13.0 Å². The molecule has 2 aromatic rings. The number of hydrogen-bond donors (Lipinski definition) is 1. The lowest BCUT2D eigenvalue weighted by Gasteiger charge is -2.06. The third kappa shape index (κ3) is 3.46. The van der Waals surface area contributed by atoms with Crippen molar-refractivity contribution in [1.29, 1.82) is 0 Å². The molecule has 0 saturated heterocycles. The van der Waals surface area contributed by atoms with Crippen LogP contribution in [-0.2, 0) is 13.0 Å². The molecule has 0 amide bonds. The third-order valence-corrected chi connectivity index (χ3v) is 3.71. The van der Waals surface area contributed by atoms with Crippen molar-refractivity contribution in [2.75, 3.05) is 7.11 Å². The molecule has 20 heavy (non-hydrogen) atoms. The molecule has 0 aliphatic carbocycles. The number of ether oxygens (including phenoxy) is 1. The molecule has 0 heterocycles. The highest BCUT2D eigenvalue weighted by atomic mass is 79.9. The second kappa shape index (κ2) is 6.68. The smallest absolute Gasteiger partial charge is 0.167 e. The lowest BCUT2D eigenvalue weighted by molar-refractivity contribution is 0.0993. The Morgan fingerprint density at radius 1 is 1.15 bits per heavy atom. The maximum Gasteiger partial charge on any atom is 0.167 e. The van der Waals surface area contributed by atoms with Crippen LogP contribution in [0.3, 0.4) is 0 Å². The highest BCUT2D eigenvalue weighted by Crippen LogP contribution is 2.26. The van der Waals surface area contributed by atoms with Gasteiger partial charge in [-0.25, -0.2) is 0 Å². The molecular weight excluding hydrogens is 318 g/mol. The van der Waals surface area contributed by atoms with E-state index in [4.69, 9.17) is 10.5 Å². The van der Waals surface area contributed by atoms with E-state index in [1.165, 1.54) is 0 Å². The molecule has 0 aliphatic heterocycles. The number of hydrogen-bond acceptors (Lipinski definition) is 3. The molecule has 2 aromatic carbocycles. The second-order valence-corrected chi connectivity index (χ2v) is 5.32. The van der Waals surface area contributed by atoms with Gasteiger partial charge in [0.1, 0.15) is 5.75 Å². The van der Waals surface area contributed by atoms with E-state index in [0.717, 1.165) is 21.3 Å². The lowest BCUT2D eigenvalue weighted by Crippen LogP contribution is -2.04. The maximum atomic E-state index is 12.2. The fourth-order valence-corrected chi connectivity index (χ4v) is 2.52. The van der Waals surface area contributed by atoms with Gasteiger partial charge >= 0.3 is 0 Å². The van der Waals surface area contributed by atoms with Gasteiger partial charge in [-0.3, -0.25) is 4.79 Å². The predicted molar refractivity (Wildman–Crippen MR) is 83.1 cm³/mol. The maximum absolute atomic E-state index is 12.2. The van der Waals surface area contributed by atoms with Crippen LogP contribution in [0.5, 0.6) is 5.75 Å². The van der Waals surface area contributed by atoms with Crippen LogP contribution in [0, 0.1) is 0 Å². The van der Waals surface area contributed by atoms with Crippen molar-refractivity contribution in [3.63, 3.8) is 0 Å². The van der Waals surface area contributed by atoms with Gasteiger partial charge in [-0.2, -0.15) is 0 Å². The largest absolute Gasteiger partial charge is 0.496 e. The molecule has 0 bridgehead atoms. The van der Waals surface area contributed by atoms with Gasteiger partial charge in [0.05, 0.1) is 11.6 Å². The molecule has 0 spiro atoms. The SMILES string of the molecule is COc1ccc(CC(=O)c2ccc(CN)cc2)cc1Br. The molecule has 0 aliphatic rings. The van der Waals surface area contributed by atoms with Crippen molar-refractivity contribution in [3.8, 4) is 5.75 Å². The van der Waals surface area contributed by atoms with Crippen LogP contribution in [0.2, 0.25) is 0 Å². The van der Waals surface area contributed by atoms with Gasteiger partial charge in [0.15, 0.2) is 5.78 Å². The summed E-state index contributed by atoms with van der Waals surface area (Å²) in [5, 5.41) is 0. The molecule has 2 rings (SSSR count). The number of Topliss-reactive ketones (excluding diaryl/α,β-unsaturated/α-hetero) is 1. The van der Waals surface area contributed by atoms with E-state index in [1.54, 1.807) is 7.11 Å². The van der Waals surface area contributed by atoms with Crippen molar-refractivity contribution in [3.05, 3.63) is 63.6 Å². The monoisotopic (exact) mass is 333 g/mol. The number of benzene rings is 2. The Morgan fingerprint density at radius 2 is 1.80 bits per heavy atom. The first-order chi connectivity index (χ1) is 9.63. The Bertz CT molecular complexity index is 608. The molecular formula is C16H16BrNO2. The number of rotatable bonds is 5. The van der Waals surface area contributed by atoms with Gasteiger partial charge in [0.25, 0.3) is 0 Å². The topological polar surface area (TPSA) is 52.3 Å². The first kappa shape index (κ1) is 14.8. The molecule has 0 unspecified atom stereocenters. The Morgan fingerprint density at radius 3 is 2.35 bits per heavy atom. The average Bonchev–Trinajstić information content (AvgIpc) is 2.47. The van der Waals surface area contributed by atoms with Crippen LogP contribution >= 0.6 is 15.9 Å². The molecule has 0 saturated carbocycles. The third-order valence-electron chi connectivity index (χ3n) is 3.09. The summed E-state index contributed by atoms with van der Waals surface area (Å²) in [4.78, 5) is 12.2. The minimum atomic E-state index is 0.0886. The summed E-state index contributed by atoms with van der Waals surface area (Å²) in [7, 11) is 1.61. The molecule has 3 nitrogen and oxygen atoms in total. The summed E-state index contributed by atoms with van der Waals surface area (Å²) in [5.41, 5.74) is 8.22. The molecule has 4 heteroatoms. The van der Waals surface area contributed by atoms with Gasteiger partial charge < -0.3 is 10.5 Å². The fraction of sp³-hybridized carbons (Fsp3) is 0.188. The Hall–Kier alpha value is -1.65. The zero-order chi connectivity index (χ0) is 14.5. The Labute approximate surface area is 126 Å². The molecule has 0 radical (unpaired) electrons. The Kier molecular flexibility index (Phi) is 4.93. The van der Waals surface area contributed by atoms with E-state index in [2.05, 4.69) is 15.9 Å². The van der Waals surface area contributed by atoms with E-state index in [0.29, 0.717) is 18.5 Å². The van der Waals surface area contributed by atoms with E-state index in [9.17, 15) is 4.79 Å². The van der Waals surface area contributed by atoms with E-state index in [1.807, 2.05) is 42.5 Å². The first-order valence-corrected chi connectivity index (χ1v) is 7.08. The Balaban J connectivity index is 2.12. The van der Waals surface area contributed by atoms with Crippen LogP contribution in [0.25, 0.3) is 0 Å². The number of carbonyl (C=O) groups is 1. The molecule has 0 fully saturated rings. The summed E-state index contributed by atoms with van der Waals surface area (Å²) in [5.74, 6) is 0.846. The summed E-state index contributed by atoms with van der Waals surface area (Å²) < 4.78 is 6.02. The highest BCUT2D eigenvalue weighted by Gasteiger charge is 2.09. The van der Waals surface area contributed by atoms with E-state index < -0.39 is 0 Å². The second-order valence-electron chi connectivity index (χ2n) is 4.47. The van der Waals surface area contributed by atoms with Crippen LogP contribution in [0.1, 0.15) is 21.5 Å². The zero-order valence-electron chi connectivity index (χ0n) is 11.2. The summed E-state index contributed by atoms with van der Waals surface area (Å²) in [6.45, 7) is 0.486. The minimum absolute atomic E-state index is 0.0886. The van der Waals surface area contributed by atoms with Crippen LogP contribution < -0.4 is 10.5 Å². The highest BCUT2D eigenvalue weighted by molar-refractivity contribution is 9.10. The van der Waals surface area contributed by atoms with Crippen molar-refractivity contribution >= 4 is 21.7 Å². The summed E-state index contributed by atoms with van der Waals surface area (Å²) in [6.07, 6.45) is 0.366. The normalized spacial score (nSPS) is 10.3. The fourth-order valence-electron chi connectivity index (χ4n) is 1.93. The van der Waals surface area contributed by atoms with Crippen molar-refractivity contribution in [2.24, 2.45) is 5.73 Å². The van der Waals surface area contributed by atoms with E-state index >= 15 is 0 Å². The first-order valence-electron chi connectivity index (χ1n) is 6.28. The van der Waals surface area contributed by atoms with Gasteiger partial charge in [0.2, 0.25) is 0 Å². The van der Waals surface area contributed by atoms with E-state index in [-0.39, 0.29) is 5.78 Å². The van der Waals surface area contributed by atoms with Crippen molar-refractivity contribution in [1.82, 2.24) is 0 Å². The summed E-state index contributed by atoms with van der Waals surface area (Å²) in [6, 6.07) is 13.1. The van der Waals surface area contributed by atoms with Gasteiger partial charge in [-0.15, -0.1) is 0 Å². The minimum Gasteiger partial charge on any atom is -0.496 e. The molecule has 104 valence electrons. The molecule has 0 atom stereocenters. The van der Waals surface area contributed by atoms with Gasteiger partial charge in [-0.05, 0) is 39.2 Å². The standard InChI is InChI=1S/C16H16BrNO2/c1-20-16-7-4-12(8-14(16)17)9-15(19)13-5-2-11(10-18)3-6-13/h2-8H,9-10,18H2,1H3. The number of nitrogens with two attached hydrogens (primary N) is 1. The average molecular weight is 334 g/mol. The number of methoxy groups -OCH3 is 1. The van der Waals surface area contributed by atoms with Crippen molar-refractivity contribution < 1.29 is 9.53 Å². The van der Waals surface area contributed by atoms with Gasteiger partial charge in [0, 0.05) is 18.5 Å².